The van der Waals surface area contributed by atoms with Crippen LogP contribution in [0, 0.1) is 0 Å². The summed E-state index contributed by atoms with van der Waals surface area (Å²) in [5.41, 5.74) is 1.20. The fraction of sp³-hybridized carbons (Fsp3) is 0.455. The second-order valence-corrected chi connectivity index (χ2v) is 4.45. The minimum Gasteiger partial charge on any atom is -0.379 e. The molecule has 0 saturated carbocycles. The first-order chi connectivity index (χ1) is 7.25. The van der Waals surface area contributed by atoms with Gasteiger partial charge in [0.1, 0.15) is 0 Å². The lowest BCUT2D eigenvalue weighted by Gasteiger charge is -2.26. The van der Waals surface area contributed by atoms with Crippen molar-refractivity contribution in [1.82, 2.24) is 4.90 Å². The molecule has 0 aliphatic carbocycles. The maximum absolute atomic E-state index is 5.96. The van der Waals surface area contributed by atoms with Crippen molar-refractivity contribution in [2.75, 3.05) is 26.3 Å². The van der Waals surface area contributed by atoms with E-state index in [-0.39, 0.29) is 24.8 Å². The van der Waals surface area contributed by atoms with Crippen LogP contribution in [0.4, 0.5) is 0 Å². The molecule has 0 unspecified atom stereocenters. The van der Waals surface area contributed by atoms with Crippen LogP contribution in [-0.2, 0) is 11.3 Å². The highest BCUT2D eigenvalue weighted by Gasteiger charge is 2.11. The lowest BCUT2D eigenvalue weighted by molar-refractivity contribution is 0.0342. The molecule has 0 aromatic heterocycles. The predicted molar refractivity (Wildman–Crippen MR) is 77.1 cm³/mol. The van der Waals surface area contributed by atoms with Crippen LogP contribution in [0.1, 0.15) is 5.56 Å². The Morgan fingerprint density at radius 2 is 1.71 bits per heavy atom. The highest BCUT2D eigenvalue weighted by molar-refractivity contribution is 6.42. The molecule has 6 heteroatoms. The number of rotatable bonds is 2. The van der Waals surface area contributed by atoms with Crippen LogP contribution >= 0.6 is 48.0 Å². The fourth-order valence-corrected chi connectivity index (χ4v) is 1.98. The molecule has 1 aliphatic heterocycles. The summed E-state index contributed by atoms with van der Waals surface area (Å²) in [6, 6.07) is 5.79. The second kappa shape index (κ2) is 8.41. The third kappa shape index (κ3) is 5.21. The molecular formula is C11H15Cl4NO. The number of hydrogen-bond acceptors (Lipinski definition) is 2. The van der Waals surface area contributed by atoms with Gasteiger partial charge in [0.05, 0.1) is 23.3 Å². The van der Waals surface area contributed by atoms with E-state index < -0.39 is 0 Å². The number of halogens is 4. The maximum Gasteiger partial charge on any atom is 0.0595 e. The highest BCUT2D eigenvalue weighted by atomic mass is 35.5. The molecular weight excluding hydrogens is 304 g/mol. The summed E-state index contributed by atoms with van der Waals surface area (Å²) in [6.07, 6.45) is 0. The normalized spacial score (nSPS) is 15.9. The molecule has 2 rings (SSSR count). The van der Waals surface area contributed by atoms with Gasteiger partial charge in [0.2, 0.25) is 0 Å². The first kappa shape index (κ1) is 17.3. The largest absolute Gasteiger partial charge is 0.379 e. The molecule has 98 valence electrons. The third-order valence-electron chi connectivity index (χ3n) is 2.49. The average Bonchev–Trinajstić information content (AvgIpc) is 2.25. The van der Waals surface area contributed by atoms with Gasteiger partial charge in [-0.05, 0) is 17.7 Å². The van der Waals surface area contributed by atoms with Crippen molar-refractivity contribution in [2.45, 2.75) is 6.54 Å². The van der Waals surface area contributed by atoms with E-state index in [4.69, 9.17) is 27.9 Å². The fourth-order valence-electron chi connectivity index (χ4n) is 1.66. The molecule has 1 saturated heterocycles. The van der Waals surface area contributed by atoms with Gasteiger partial charge in [0, 0.05) is 19.6 Å². The van der Waals surface area contributed by atoms with Crippen LogP contribution < -0.4 is 0 Å². The summed E-state index contributed by atoms with van der Waals surface area (Å²) in [4.78, 5) is 2.35. The molecule has 0 N–H and O–H groups in total. The van der Waals surface area contributed by atoms with Crippen LogP contribution in [-0.4, -0.2) is 31.2 Å². The van der Waals surface area contributed by atoms with Crippen LogP contribution in [0.25, 0.3) is 0 Å². The lowest BCUT2D eigenvalue weighted by Crippen LogP contribution is -2.35. The van der Waals surface area contributed by atoms with Gasteiger partial charge in [-0.25, -0.2) is 0 Å². The molecule has 17 heavy (non-hydrogen) atoms. The monoisotopic (exact) mass is 317 g/mol. The number of ether oxygens (including phenoxy) is 1. The van der Waals surface area contributed by atoms with Gasteiger partial charge >= 0.3 is 0 Å². The summed E-state index contributed by atoms with van der Waals surface area (Å²) < 4.78 is 5.29. The third-order valence-corrected chi connectivity index (χ3v) is 3.23. The molecule has 2 nitrogen and oxygen atoms in total. The van der Waals surface area contributed by atoms with Crippen LogP contribution in [0.2, 0.25) is 10.0 Å². The number of hydrogen-bond donors (Lipinski definition) is 0. The van der Waals surface area contributed by atoms with Crippen LogP contribution in [0.3, 0.4) is 0 Å². The molecule has 1 aromatic rings. The molecule has 0 spiro atoms. The van der Waals surface area contributed by atoms with Crippen LogP contribution in [0.5, 0.6) is 0 Å². The van der Waals surface area contributed by atoms with Crippen LogP contribution in [0.15, 0.2) is 18.2 Å². The Bertz CT molecular complexity index is 342. The topological polar surface area (TPSA) is 12.5 Å². The van der Waals surface area contributed by atoms with Crippen molar-refractivity contribution in [3.8, 4) is 0 Å². The minimum atomic E-state index is 0. The lowest BCUT2D eigenvalue weighted by atomic mass is 10.2. The van der Waals surface area contributed by atoms with Gasteiger partial charge in [0.15, 0.2) is 0 Å². The first-order valence-corrected chi connectivity index (χ1v) is 5.75. The van der Waals surface area contributed by atoms with Gasteiger partial charge in [0.25, 0.3) is 0 Å². The zero-order valence-electron chi connectivity index (χ0n) is 9.20. The van der Waals surface area contributed by atoms with Crippen molar-refractivity contribution >= 4 is 48.0 Å². The van der Waals surface area contributed by atoms with E-state index in [2.05, 4.69) is 4.90 Å². The Labute approximate surface area is 124 Å². The summed E-state index contributed by atoms with van der Waals surface area (Å²) in [5.74, 6) is 0. The van der Waals surface area contributed by atoms with E-state index in [1.807, 2.05) is 18.2 Å². The van der Waals surface area contributed by atoms with E-state index in [1.165, 1.54) is 5.56 Å². The molecule has 1 fully saturated rings. The summed E-state index contributed by atoms with van der Waals surface area (Å²) in [7, 11) is 0. The van der Waals surface area contributed by atoms with Crippen molar-refractivity contribution < 1.29 is 4.74 Å². The van der Waals surface area contributed by atoms with Gasteiger partial charge in [-0.3, -0.25) is 4.90 Å². The Kier molecular flexibility index (Phi) is 8.56. The Morgan fingerprint density at radius 3 is 2.29 bits per heavy atom. The minimum absolute atomic E-state index is 0. The predicted octanol–water partition coefficient (Wildman–Crippen LogP) is 3.67. The summed E-state index contributed by atoms with van der Waals surface area (Å²) in [5, 5.41) is 1.24. The second-order valence-electron chi connectivity index (χ2n) is 3.64. The van der Waals surface area contributed by atoms with E-state index in [0.29, 0.717) is 10.0 Å². The number of morpholine rings is 1. The highest BCUT2D eigenvalue weighted by Crippen LogP contribution is 2.23. The first-order valence-electron chi connectivity index (χ1n) is 5.00. The zero-order valence-corrected chi connectivity index (χ0v) is 12.3. The molecule has 0 amide bonds. The van der Waals surface area contributed by atoms with E-state index >= 15 is 0 Å². The SMILES string of the molecule is Cl.Cl.Clc1ccc(CN2CCOCC2)cc1Cl. The Morgan fingerprint density at radius 1 is 1.06 bits per heavy atom. The molecule has 0 atom stereocenters. The van der Waals surface area contributed by atoms with E-state index in [9.17, 15) is 0 Å². The van der Waals surface area contributed by atoms with Gasteiger partial charge in [-0.2, -0.15) is 0 Å². The molecule has 0 bridgehead atoms. The molecule has 1 aromatic carbocycles. The van der Waals surface area contributed by atoms with Crippen molar-refractivity contribution in [3.63, 3.8) is 0 Å². The van der Waals surface area contributed by atoms with Gasteiger partial charge < -0.3 is 4.74 Å². The van der Waals surface area contributed by atoms with Crippen molar-refractivity contribution in [2.24, 2.45) is 0 Å². The van der Waals surface area contributed by atoms with E-state index in [0.717, 1.165) is 32.8 Å². The molecule has 1 heterocycles. The number of benzene rings is 1. The van der Waals surface area contributed by atoms with Crippen molar-refractivity contribution in [3.05, 3.63) is 33.8 Å². The molecule has 0 radical (unpaired) electrons. The standard InChI is InChI=1S/C11H13Cl2NO.2ClH/c12-10-2-1-9(7-11(10)13)8-14-3-5-15-6-4-14;;/h1-2,7H,3-6,8H2;2*1H. The summed E-state index contributed by atoms with van der Waals surface area (Å²) in [6.45, 7) is 4.53. The van der Waals surface area contributed by atoms with Gasteiger partial charge in [-0.1, -0.05) is 29.3 Å². The Hall–Kier alpha value is 0.300. The maximum atomic E-state index is 5.96. The molecule has 1 aliphatic rings. The van der Waals surface area contributed by atoms with Gasteiger partial charge in [-0.15, -0.1) is 24.8 Å². The number of nitrogens with zero attached hydrogens (tertiary/aromatic N) is 1. The average molecular weight is 319 g/mol. The smallest absolute Gasteiger partial charge is 0.0595 e. The summed E-state index contributed by atoms with van der Waals surface area (Å²) >= 11 is 11.8. The quantitative estimate of drug-likeness (QED) is 0.825. The van der Waals surface area contributed by atoms with E-state index in [1.54, 1.807) is 0 Å². The zero-order chi connectivity index (χ0) is 10.7. The Balaban J connectivity index is 0.00000128. The van der Waals surface area contributed by atoms with Crippen molar-refractivity contribution in [1.29, 1.82) is 0 Å².